The van der Waals surface area contributed by atoms with Gasteiger partial charge in [0.15, 0.2) is 0 Å². The van der Waals surface area contributed by atoms with E-state index in [1.54, 1.807) is 0 Å². The summed E-state index contributed by atoms with van der Waals surface area (Å²) in [4.78, 5) is 37.0. The molecule has 0 bridgehead atoms. The number of nitrogens with zero attached hydrogens (tertiary/aromatic N) is 10. The van der Waals surface area contributed by atoms with E-state index in [0.717, 1.165) is 6.33 Å². The molecule has 0 N–H and O–H groups in total. The molecule has 2 aromatic rings. The molecule has 0 spiro atoms. The lowest BCUT2D eigenvalue weighted by molar-refractivity contribution is -1.01. The zero-order valence-corrected chi connectivity index (χ0v) is 10.4. The maximum atomic E-state index is 10.9. The predicted octanol–water partition coefficient (Wildman–Crippen LogP) is -1.84. The molecule has 0 amide bonds. The summed E-state index contributed by atoms with van der Waals surface area (Å²) in [6.45, 7) is 0. The normalized spacial score (nSPS) is 11.1. The van der Waals surface area contributed by atoms with Crippen LogP contribution in [0.3, 0.4) is 0 Å². The Morgan fingerprint density at radius 1 is 1.00 bits per heavy atom. The minimum Gasteiger partial charge on any atom is -0.258 e. The molecule has 0 unspecified atom stereocenters. The van der Waals surface area contributed by atoms with Crippen molar-refractivity contribution in [3.63, 3.8) is 0 Å². The molecule has 0 aromatic carbocycles. The summed E-state index contributed by atoms with van der Waals surface area (Å²) in [6, 6.07) is 0. The molecule has 0 saturated heterocycles. The van der Waals surface area contributed by atoms with Crippen LogP contribution in [0.4, 0.5) is 5.69 Å². The number of hydrogen-bond acceptors (Lipinski definition) is 12. The highest BCUT2D eigenvalue weighted by atomic mass is 16.7. The van der Waals surface area contributed by atoms with Crippen LogP contribution in [-0.4, -0.2) is 49.7 Å². The van der Waals surface area contributed by atoms with Gasteiger partial charge in [-0.05, 0) is 10.4 Å². The third-order valence-corrected chi connectivity index (χ3v) is 2.48. The summed E-state index contributed by atoms with van der Waals surface area (Å²) in [6.07, 6.45) is 0.969. The second-order valence-corrected chi connectivity index (χ2v) is 3.67. The van der Waals surface area contributed by atoms with Crippen LogP contribution >= 0.6 is 0 Å². The average molecular weight is 330 g/mol. The summed E-state index contributed by atoms with van der Waals surface area (Å²) >= 11 is 0. The van der Waals surface area contributed by atoms with E-state index in [2.05, 4.69) is 20.6 Å². The Hall–Kier alpha value is -4.12. The fraction of sp³-hybridized carbons (Fsp3) is 0.200. The van der Waals surface area contributed by atoms with E-state index in [1.165, 1.54) is 0 Å². The van der Waals surface area contributed by atoms with E-state index < -0.39 is 37.1 Å². The second kappa shape index (κ2) is 5.01. The number of hydrogen-bond donors (Lipinski definition) is 0. The van der Waals surface area contributed by atoms with Crippen LogP contribution in [0.25, 0.3) is 5.82 Å². The molecule has 2 rings (SSSR count). The van der Waals surface area contributed by atoms with Gasteiger partial charge in [-0.1, -0.05) is 4.68 Å². The summed E-state index contributed by atoms with van der Waals surface area (Å²) in [5, 5.41) is 56.4. The summed E-state index contributed by atoms with van der Waals surface area (Å²) in [7, 11) is 0. The molecule has 0 aliphatic heterocycles. The molecule has 2 aromatic heterocycles. The molecule has 0 radical (unpaired) electrons. The van der Waals surface area contributed by atoms with Crippen molar-refractivity contribution in [2.45, 2.75) is 5.91 Å². The van der Waals surface area contributed by atoms with Crippen molar-refractivity contribution in [1.29, 1.82) is 0 Å². The lowest BCUT2D eigenvalue weighted by atomic mass is 10.5. The Labute approximate surface area is 121 Å². The third-order valence-electron chi connectivity index (χ3n) is 2.48. The smallest absolute Gasteiger partial charge is 0.258 e. The molecule has 0 fully saturated rings. The highest BCUT2D eigenvalue weighted by Crippen LogP contribution is 2.26. The van der Waals surface area contributed by atoms with Crippen LogP contribution in [0, 0.1) is 40.5 Å². The van der Waals surface area contributed by atoms with Crippen molar-refractivity contribution in [1.82, 2.24) is 30.0 Å². The van der Waals surface area contributed by atoms with Crippen LogP contribution in [0.2, 0.25) is 0 Å². The Balaban J connectivity index is 2.79. The van der Waals surface area contributed by atoms with Crippen LogP contribution in [0.5, 0.6) is 0 Å². The molecule has 2 heterocycles. The Morgan fingerprint density at radius 3 is 1.96 bits per heavy atom. The van der Waals surface area contributed by atoms with E-state index >= 15 is 0 Å². The van der Waals surface area contributed by atoms with Gasteiger partial charge in [0.05, 0.1) is 4.92 Å². The van der Waals surface area contributed by atoms with Crippen LogP contribution in [0.1, 0.15) is 0 Å². The molecule has 18 heteroatoms. The quantitative estimate of drug-likeness (QED) is 0.322. The molecule has 23 heavy (non-hydrogen) atoms. The first-order chi connectivity index (χ1) is 10.7. The fourth-order valence-electron chi connectivity index (χ4n) is 1.51. The molecule has 18 nitrogen and oxygen atoms in total. The van der Waals surface area contributed by atoms with Crippen molar-refractivity contribution in [2.24, 2.45) is 0 Å². The Bertz CT molecular complexity index is 771. The van der Waals surface area contributed by atoms with Crippen molar-refractivity contribution in [3.05, 3.63) is 53.0 Å². The maximum Gasteiger partial charge on any atom is 0.821 e. The average Bonchev–Trinajstić information content (AvgIpc) is 3.06. The molecule has 0 saturated carbocycles. The third kappa shape index (κ3) is 2.05. The summed E-state index contributed by atoms with van der Waals surface area (Å²) in [5.41, 5.74) is -1.02. The zero-order chi connectivity index (χ0) is 17.4. The van der Waals surface area contributed by atoms with Gasteiger partial charge in [0.25, 0.3) is 5.82 Å². The Kier molecular flexibility index (Phi) is 3.33. The van der Waals surface area contributed by atoms with E-state index in [0.29, 0.717) is 4.68 Å². The van der Waals surface area contributed by atoms with Crippen molar-refractivity contribution >= 4 is 5.69 Å². The summed E-state index contributed by atoms with van der Waals surface area (Å²) in [5.74, 6) is -4.97. The predicted molar refractivity (Wildman–Crippen MR) is 60.6 cm³/mol. The van der Waals surface area contributed by atoms with Gasteiger partial charge in [-0.2, -0.15) is 4.68 Å². The van der Waals surface area contributed by atoms with E-state index in [4.69, 9.17) is 0 Å². The summed E-state index contributed by atoms with van der Waals surface area (Å²) < 4.78 is 0.196. The zero-order valence-electron chi connectivity index (χ0n) is 10.4. The fourth-order valence-corrected chi connectivity index (χ4v) is 1.51. The van der Waals surface area contributed by atoms with E-state index in [1.807, 2.05) is 0 Å². The van der Waals surface area contributed by atoms with Gasteiger partial charge >= 0.3 is 11.6 Å². The maximum absolute atomic E-state index is 10.9. The van der Waals surface area contributed by atoms with Gasteiger partial charge in [0.2, 0.25) is 14.8 Å². The van der Waals surface area contributed by atoms with Gasteiger partial charge in [-0.3, -0.25) is 40.5 Å². The molecular weight excluding hydrogens is 328 g/mol. The molecule has 0 aliphatic carbocycles. The van der Waals surface area contributed by atoms with Crippen LogP contribution < -0.4 is 0 Å². The standard InChI is InChI=1S/C5H2N10O8/c16-12(17)3-1-11(7-4(3)10-2-6-8-9-10)5(13(18)19,14(20)21)15(22)23/h1-2H. The number of aromatic nitrogens is 6. The monoisotopic (exact) mass is 330 g/mol. The molecular formula is C5H2N10O8. The minimum absolute atomic E-state index is 0.172. The molecule has 120 valence electrons. The highest BCUT2D eigenvalue weighted by Gasteiger charge is 2.75. The molecule has 0 aliphatic rings. The van der Waals surface area contributed by atoms with Gasteiger partial charge in [0, 0.05) is 0 Å². The largest absolute Gasteiger partial charge is 0.821 e. The first-order valence-corrected chi connectivity index (χ1v) is 5.14. The van der Waals surface area contributed by atoms with E-state index in [-0.39, 0.29) is 10.9 Å². The van der Waals surface area contributed by atoms with Gasteiger partial charge in [-0.25, -0.2) is 0 Å². The number of rotatable bonds is 6. The topological polar surface area (TPSA) is 234 Å². The second-order valence-electron chi connectivity index (χ2n) is 3.67. The van der Waals surface area contributed by atoms with Gasteiger partial charge < -0.3 is 0 Å². The SMILES string of the molecule is O=[N+]([O-])c1cn(C([N+](=O)[O-])([N+](=O)[O-])[N+](=O)[O-])nc1-n1cnnn1. The number of tetrazole rings is 1. The molecule has 0 atom stereocenters. The van der Waals surface area contributed by atoms with Gasteiger partial charge in [0.1, 0.15) is 12.5 Å². The lowest BCUT2D eigenvalue weighted by Gasteiger charge is -2.06. The van der Waals surface area contributed by atoms with Crippen molar-refractivity contribution in [2.75, 3.05) is 0 Å². The van der Waals surface area contributed by atoms with Gasteiger partial charge in [-0.15, -0.1) is 10.2 Å². The van der Waals surface area contributed by atoms with Crippen molar-refractivity contribution < 1.29 is 19.7 Å². The highest BCUT2D eigenvalue weighted by molar-refractivity contribution is 5.44. The minimum atomic E-state index is -4.18. The van der Waals surface area contributed by atoms with Crippen LogP contribution in [-0.2, 0) is 5.91 Å². The Morgan fingerprint density at radius 2 is 1.57 bits per heavy atom. The number of nitro groups is 4. The van der Waals surface area contributed by atoms with Crippen molar-refractivity contribution in [3.8, 4) is 5.82 Å². The lowest BCUT2D eigenvalue weighted by Crippen LogP contribution is -2.55. The first kappa shape index (κ1) is 15.3. The van der Waals surface area contributed by atoms with Crippen LogP contribution in [0.15, 0.2) is 12.5 Å². The first-order valence-electron chi connectivity index (χ1n) is 5.14. The van der Waals surface area contributed by atoms with E-state index in [9.17, 15) is 40.5 Å².